The van der Waals surface area contributed by atoms with Gasteiger partial charge in [-0.05, 0) is 38.1 Å². The van der Waals surface area contributed by atoms with Crippen LogP contribution >= 0.6 is 0 Å². The Labute approximate surface area is 137 Å². The average molecular weight is 334 g/mol. The Kier molecular flexibility index (Phi) is 5.76. The summed E-state index contributed by atoms with van der Waals surface area (Å²) in [4.78, 5) is 14.2. The quantitative estimate of drug-likeness (QED) is 0.353. The van der Waals surface area contributed by atoms with Gasteiger partial charge in [0.25, 0.3) is 10.0 Å². The van der Waals surface area contributed by atoms with Crippen molar-refractivity contribution >= 4 is 29.2 Å². The van der Waals surface area contributed by atoms with Crippen molar-refractivity contribution in [1.82, 2.24) is 4.98 Å². The maximum Gasteiger partial charge on any atom is 0.263 e. The number of hydrogen-bond donors (Lipinski definition) is 1. The van der Waals surface area contributed by atoms with E-state index in [1.807, 2.05) is 27.8 Å². The first-order valence-electron chi connectivity index (χ1n) is 7.22. The molecule has 2 rings (SSSR count). The Balaban J connectivity index is 2.19. The molecule has 23 heavy (non-hydrogen) atoms. The fourth-order valence-electron chi connectivity index (χ4n) is 1.97. The van der Waals surface area contributed by atoms with Gasteiger partial charge in [0.1, 0.15) is 20.3 Å². The first-order valence-corrected chi connectivity index (χ1v) is 8.70. The van der Waals surface area contributed by atoms with E-state index in [0.29, 0.717) is 12.3 Å². The van der Waals surface area contributed by atoms with Crippen LogP contribution in [0.2, 0.25) is 0 Å². The zero-order valence-electron chi connectivity index (χ0n) is 13.4. The molecule has 8 heteroatoms. The molecule has 0 saturated heterocycles. The molecule has 0 saturated carbocycles. The van der Waals surface area contributed by atoms with Crippen molar-refractivity contribution in [1.29, 1.82) is 0 Å². The summed E-state index contributed by atoms with van der Waals surface area (Å²) >= 11 is 0. The lowest BCUT2D eigenvalue weighted by Gasteiger charge is -2.10. The van der Waals surface area contributed by atoms with Gasteiger partial charge >= 0.3 is 0 Å². The van der Waals surface area contributed by atoms with E-state index in [2.05, 4.69) is 9.71 Å². The molecule has 0 bridgehead atoms. The van der Waals surface area contributed by atoms with Crippen molar-refractivity contribution in [3.8, 4) is 0 Å². The summed E-state index contributed by atoms with van der Waals surface area (Å²) in [6, 6.07) is 10.1. The summed E-state index contributed by atoms with van der Waals surface area (Å²) in [6.45, 7) is 4.29. The fourth-order valence-corrected chi connectivity index (χ4v) is 2.96. The monoisotopic (exact) mass is 334 g/mol. The molecular formula is C15H19BN2O4S. The van der Waals surface area contributed by atoms with E-state index in [9.17, 15) is 8.42 Å². The number of anilines is 1. The minimum Gasteiger partial charge on any atom is -0.263 e. The highest BCUT2D eigenvalue weighted by atomic mass is 32.2. The number of rotatable bonds is 7. The van der Waals surface area contributed by atoms with Crippen molar-refractivity contribution in [2.24, 2.45) is 0 Å². The highest BCUT2D eigenvalue weighted by Gasteiger charge is 2.15. The third kappa shape index (κ3) is 5.06. The number of pyridine rings is 1. The van der Waals surface area contributed by atoms with Crippen LogP contribution in [0, 0.1) is 6.92 Å². The normalized spacial score (nSPS) is 11.4. The topological polar surface area (TPSA) is 77.5 Å². The molecule has 0 spiro atoms. The van der Waals surface area contributed by atoms with Gasteiger partial charge in [-0.15, -0.1) is 0 Å². The van der Waals surface area contributed by atoms with E-state index in [4.69, 9.17) is 9.78 Å². The lowest BCUT2D eigenvalue weighted by Crippen LogP contribution is -2.17. The van der Waals surface area contributed by atoms with Crippen LogP contribution in [-0.4, -0.2) is 27.9 Å². The largest absolute Gasteiger partial charge is 0.263 e. The Bertz CT molecular complexity index is 764. The summed E-state index contributed by atoms with van der Waals surface area (Å²) in [5.41, 5.74) is 2.45. The Morgan fingerprint density at radius 3 is 2.52 bits per heavy atom. The van der Waals surface area contributed by atoms with Gasteiger partial charge in [-0.2, -0.15) is 0 Å². The minimum atomic E-state index is -3.67. The summed E-state index contributed by atoms with van der Waals surface area (Å²) in [6.07, 6.45) is 0. The maximum absolute atomic E-state index is 12.4. The molecule has 122 valence electrons. The molecule has 0 aliphatic carbocycles. The van der Waals surface area contributed by atoms with Crippen molar-refractivity contribution in [3.05, 3.63) is 47.7 Å². The summed E-state index contributed by atoms with van der Waals surface area (Å²) < 4.78 is 27.3. The lowest BCUT2D eigenvalue weighted by atomic mass is 9.97. The van der Waals surface area contributed by atoms with E-state index in [-0.39, 0.29) is 17.3 Å². The standard InChI is InChI=1S/C15H19BN2O4S/c1-3-21-22-10-13-8-12(16)9-15(17-13)18-23(19,20)14-6-4-11(2)5-7-14/h4-9H,3,10,16H2,1-2H3,(H,17,18). The molecule has 0 aliphatic rings. The predicted molar refractivity (Wildman–Crippen MR) is 90.8 cm³/mol. The molecule has 0 atom stereocenters. The van der Waals surface area contributed by atoms with Gasteiger partial charge < -0.3 is 0 Å². The van der Waals surface area contributed by atoms with E-state index in [1.54, 1.807) is 30.3 Å². The lowest BCUT2D eigenvalue weighted by molar-refractivity contribution is -0.301. The van der Waals surface area contributed by atoms with Crippen LogP contribution in [0.25, 0.3) is 0 Å². The third-order valence-electron chi connectivity index (χ3n) is 3.00. The van der Waals surface area contributed by atoms with E-state index >= 15 is 0 Å². The van der Waals surface area contributed by atoms with Crippen LogP contribution in [0.1, 0.15) is 18.2 Å². The number of sulfonamides is 1. The molecule has 0 amide bonds. The van der Waals surface area contributed by atoms with Crippen molar-refractivity contribution in [2.75, 3.05) is 11.3 Å². The Morgan fingerprint density at radius 2 is 1.87 bits per heavy atom. The highest BCUT2D eigenvalue weighted by molar-refractivity contribution is 7.92. The van der Waals surface area contributed by atoms with E-state index in [1.165, 1.54) is 0 Å². The average Bonchev–Trinajstić information content (AvgIpc) is 2.47. The smallest absolute Gasteiger partial charge is 0.263 e. The molecule has 2 aromatic rings. The van der Waals surface area contributed by atoms with Crippen LogP contribution < -0.4 is 10.2 Å². The number of benzene rings is 1. The van der Waals surface area contributed by atoms with Gasteiger partial charge in [-0.3, -0.25) is 4.72 Å². The summed E-state index contributed by atoms with van der Waals surface area (Å²) in [5, 5.41) is 0. The Hall–Kier alpha value is -1.90. The molecule has 6 nitrogen and oxygen atoms in total. The van der Waals surface area contributed by atoms with Crippen LogP contribution in [0.15, 0.2) is 41.3 Å². The van der Waals surface area contributed by atoms with E-state index < -0.39 is 10.0 Å². The van der Waals surface area contributed by atoms with Gasteiger partial charge in [0.15, 0.2) is 0 Å². The number of hydrogen-bond acceptors (Lipinski definition) is 5. The number of aryl methyl sites for hydroxylation is 1. The first-order chi connectivity index (χ1) is 10.9. The zero-order valence-corrected chi connectivity index (χ0v) is 14.2. The second-order valence-electron chi connectivity index (χ2n) is 5.11. The van der Waals surface area contributed by atoms with Gasteiger partial charge in [0, 0.05) is 0 Å². The van der Waals surface area contributed by atoms with Crippen LogP contribution in [0.4, 0.5) is 5.82 Å². The first kappa shape index (κ1) is 17.5. The Morgan fingerprint density at radius 1 is 1.17 bits per heavy atom. The molecule has 1 heterocycles. The maximum atomic E-state index is 12.4. The van der Waals surface area contributed by atoms with Gasteiger partial charge in [0.2, 0.25) is 0 Å². The molecular weight excluding hydrogens is 315 g/mol. The second-order valence-corrected chi connectivity index (χ2v) is 6.79. The second kappa shape index (κ2) is 7.58. The minimum absolute atomic E-state index is 0.148. The van der Waals surface area contributed by atoms with Crippen molar-refractivity contribution < 1.29 is 18.2 Å². The predicted octanol–water partition coefficient (Wildman–Crippen LogP) is 0.917. The molecule has 1 aromatic carbocycles. The molecule has 0 aliphatic heterocycles. The van der Waals surface area contributed by atoms with Gasteiger partial charge in [-0.25, -0.2) is 23.2 Å². The number of aromatic nitrogens is 1. The zero-order chi connectivity index (χ0) is 16.9. The third-order valence-corrected chi connectivity index (χ3v) is 4.37. The van der Waals surface area contributed by atoms with Gasteiger partial charge in [-0.1, -0.05) is 23.2 Å². The summed E-state index contributed by atoms with van der Waals surface area (Å²) in [5.74, 6) is 0.251. The molecule has 0 unspecified atom stereocenters. The van der Waals surface area contributed by atoms with Gasteiger partial charge in [0.05, 0.1) is 17.2 Å². The molecule has 0 radical (unpaired) electrons. The molecule has 1 N–H and O–H groups in total. The number of nitrogens with zero attached hydrogens (tertiary/aromatic N) is 1. The van der Waals surface area contributed by atoms with Crippen LogP contribution in [-0.2, 0) is 26.4 Å². The van der Waals surface area contributed by atoms with Crippen LogP contribution in [0.3, 0.4) is 0 Å². The van der Waals surface area contributed by atoms with E-state index in [0.717, 1.165) is 11.0 Å². The van der Waals surface area contributed by atoms with Crippen molar-refractivity contribution in [2.45, 2.75) is 25.3 Å². The highest BCUT2D eigenvalue weighted by Crippen LogP contribution is 2.15. The molecule has 1 aromatic heterocycles. The summed E-state index contributed by atoms with van der Waals surface area (Å²) in [7, 11) is -1.82. The van der Waals surface area contributed by atoms with Crippen LogP contribution in [0.5, 0.6) is 0 Å². The SMILES string of the molecule is Bc1cc(COOCC)nc(NS(=O)(=O)c2ccc(C)cc2)c1. The van der Waals surface area contributed by atoms with Crippen molar-refractivity contribution in [3.63, 3.8) is 0 Å². The number of nitrogens with one attached hydrogen (secondary N) is 1. The molecule has 0 fully saturated rings. The fraction of sp³-hybridized carbons (Fsp3) is 0.267.